The molecular weight excluding hydrogens is 270 g/mol. The molecule has 0 saturated carbocycles. The molecule has 1 aromatic carbocycles. The van der Waals surface area contributed by atoms with Crippen molar-refractivity contribution in [2.75, 3.05) is 13.7 Å². The molecule has 0 aliphatic carbocycles. The smallest absolute Gasteiger partial charge is 0.124 e. The first-order valence-corrected chi connectivity index (χ1v) is 7.59. The van der Waals surface area contributed by atoms with Gasteiger partial charge in [0.2, 0.25) is 0 Å². The highest BCUT2D eigenvalue weighted by Crippen LogP contribution is 2.26. The lowest BCUT2D eigenvalue weighted by Gasteiger charge is -2.19. The van der Waals surface area contributed by atoms with Crippen molar-refractivity contribution in [3.8, 4) is 5.75 Å². The predicted molar refractivity (Wildman–Crippen MR) is 83.4 cm³/mol. The van der Waals surface area contributed by atoms with E-state index in [9.17, 15) is 5.11 Å². The largest absolute Gasteiger partial charge is 0.496 e. The van der Waals surface area contributed by atoms with Crippen molar-refractivity contribution in [2.45, 2.75) is 26.0 Å². The van der Waals surface area contributed by atoms with Crippen LogP contribution in [0.3, 0.4) is 0 Å². The van der Waals surface area contributed by atoms with E-state index < -0.39 is 6.10 Å². The van der Waals surface area contributed by atoms with Crippen molar-refractivity contribution >= 4 is 11.3 Å². The van der Waals surface area contributed by atoms with E-state index in [-0.39, 0.29) is 6.04 Å². The summed E-state index contributed by atoms with van der Waals surface area (Å²) in [6.45, 7) is 4.61. The van der Waals surface area contributed by atoms with Gasteiger partial charge < -0.3 is 15.2 Å². The van der Waals surface area contributed by atoms with Crippen molar-refractivity contribution in [1.29, 1.82) is 0 Å². The van der Waals surface area contributed by atoms with Gasteiger partial charge in [0.05, 0.1) is 13.2 Å². The van der Waals surface area contributed by atoms with Crippen LogP contribution in [0.5, 0.6) is 5.75 Å². The molecule has 0 bridgehead atoms. The van der Waals surface area contributed by atoms with Gasteiger partial charge in [0.1, 0.15) is 5.75 Å². The first-order valence-electron chi connectivity index (χ1n) is 6.71. The highest BCUT2D eigenvalue weighted by molar-refractivity contribution is 7.10. The van der Waals surface area contributed by atoms with Gasteiger partial charge in [0.25, 0.3) is 0 Å². The Balaban J connectivity index is 2.01. The van der Waals surface area contributed by atoms with Gasteiger partial charge >= 0.3 is 0 Å². The van der Waals surface area contributed by atoms with Crippen molar-refractivity contribution in [2.24, 2.45) is 0 Å². The molecule has 2 aromatic rings. The number of thiophene rings is 1. The Bertz CT molecular complexity index is 539. The zero-order chi connectivity index (χ0) is 14.5. The summed E-state index contributed by atoms with van der Waals surface area (Å²) in [4.78, 5) is 1.27. The van der Waals surface area contributed by atoms with Crippen LogP contribution < -0.4 is 10.1 Å². The van der Waals surface area contributed by atoms with E-state index in [0.717, 1.165) is 16.9 Å². The van der Waals surface area contributed by atoms with Gasteiger partial charge in [-0.15, -0.1) is 11.3 Å². The molecule has 3 nitrogen and oxygen atoms in total. The normalized spacial score (nSPS) is 14.0. The van der Waals surface area contributed by atoms with Crippen molar-refractivity contribution < 1.29 is 9.84 Å². The second-order valence-electron chi connectivity index (χ2n) is 4.91. The molecule has 0 aliphatic heterocycles. The number of nitrogens with one attached hydrogen (secondary N) is 1. The maximum absolute atomic E-state index is 10.4. The highest BCUT2D eigenvalue weighted by Gasteiger charge is 2.15. The zero-order valence-corrected chi connectivity index (χ0v) is 12.9. The van der Waals surface area contributed by atoms with Crippen LogP contribution >= 0.6 is 11.3 Å². The first-order chi connectivity index (χ1) is 9.61. The van der Waals surface area contributed by atoms with E-state index in [1.54, 1.807) is 18.4 Å². The Morgan fingerprint density at radius 1 is 1.35 bits per heavy atom. The maximum Gasteiger partial charge on any atom is 0.124 e. The summed E-state index contributed by atoms with van der Waals surface area (Å²) in [5.41, 5.74) is 1.95. The fourth-order valence-electron chi connectivity index (χ4n) is 2.15. The third kappa shape index (κ3) is 3.60. The van der Waals surface area contributed by atoms with Crippen LogP contribution in [0.15, 0.2) is 35.7 Å². The van der Waals surface area contributed by atoms with Crippen LogP contribution in [-0.4, -0.2) is 18.8 Å². The van der Waals surface area contributed by atoms with E-state index in [4.69, 9.17) is 4.74 Å². The van der Waals surface area contributed by atoms with Gasteiger partial charge in [-0.2, -0.15) is 0 Å². The Kier molecular flexibility index (Phi) is 5.17. The van der Waals surface area contributed by atoms with Crippen LogP contribution in [0.2, 0.25) is 0 Å². The minimum atomic E-state index is -0.577. The van der Waals surface area contributed by atoms with Gasteiger partial charge in [0, 0.05) is 23.0 Å². The molecule has 108 valence electrons. The molecule has 4 heteroatoms. The lowest BCUT2D eigenvalue weighted by atomic mass is 10.0. The molecular formula is C16H21NO2S. The van der Waals surface area contributed by atoms with Gasteiger partial charge in [-0.3, -0.25) is 0 Å². The lowest BCUT2D eigenvalue weighted by Crippen LogP contribution is -2.24. The number of hydrogen-bond donors (Lipinski definition) is 2. The summed E-state index contributed by atoms with van der Waals surface area (Å²) in [5.74, 6) is 0.730. The third-order valence-corrected chi connectivity index (χ3v) is 4.39. The summed E-state index contributed by atoms with van der Waals surface area (Å²) in [6, 6.07) is 10.2. The van der Waals surface area contributed by atoms with Crippen LogP contribution in [0.4, 0.5) is 0 Å². The molecule has 0 fully saturated rings. The lowest BCUT2D eigenvalue weighted by molar-refractivity contribution is 0.167. The quantitative estimate of drug-likeness (QED) is 0.856. The topological polar surface area (TPSA) is 41.5 Å². The zero-order valence-electron chi connectivity index (χ0n) is 12.1. The molecule has 20 heavy (non-hydrogen) atoms. The number of aliphatic hydroxyl groups is 1. The van der Waals surface area contributed by atoms with E-state index in [1.807, 2.05) is 31.2 Å². The second kappa shape index (κ2) is 6.88. The minimum absolute atomic E-state index is 0.237. The number of aryl methyl sites for hydroxylation is 1. The highest BCUT2D eigenvalue weighted by atomic mass is 32.1. The van der Waals surface area contributed by atoms with Crippen LogP contribution in [-0.2, 0) is 0 Å². The summed E-state index contributed by atoms with van der Waals surface area (Å²) in [7, 11) is 1.63. The standard InChI is InChI=1S/C16H21NO2S/c1-11-6-7-15(19-3)13(9-11)14(18)10-17-12(2)16-5-4-8-20-16/h4-9,12,14,17-18H,10H2,1-3H3/t12-,14?/m0/s1. The van der Waals surface area contributed by atoms with Gasteiger partial charge in [-0.1, -0.05) is 17.7 Å². The van der Waals surface area contributed by atoms with E-state index >= 15 is 0 Å². The summed E-state index contributed by atoms with van der Waals surface area (Å²) >= 11 is 1.72. The number of methoxy groups -OCH3 is 1. The summed E-state index contributed by atoms with van der Waals surface area (Å²) < 4.78 is 5.31. The van der Waals surface area contributed by atoms with Crippen molar-refractivity contribution in [1.82, 2.24) is 5.32 Å². The molecule has 0 amide bonds. The van der Waals surface area contributed by atoms with Crippen LogP contribution in [0.25, 0.3) is 0 Å². The Hall–Kier alpha value is -1.36. The number of rotatable bonds is 6. The maximum atomic E-state index is 10.4. The monoisotopic (exact) mass is 291 g/mol. The van der Waals surface area contributed by atoms with E-state index in [2.05, 4.69) is 23.7 Å². The second-order valence-corrected chi connectivity index (χ2v) is 5.89. The first kappa shape index (κ1) is 15.0. The predicted octanol–water partition coefficient (Wildman–Crippen LogP) is 3.45. The Morgan fingerprint density at radius 3 is 2.80 bits per heavy atom. The molecule has 2 rings (SSSR count). The van der Waals surface area contributed by atoms with Crippen molar-refractivity contribution in [3.63, 3.8) is 0 Å². The molecule has 2 atom stereocenters. The molecule has 2 N–H and O–H groups in total. The Morgan fingerprint density at radius 2 is 2.15 bits per heavy atom. The van der Waals surface area contributed by atoms with Crippen LogP contribution in [0, 0.1) is 6.92 Å². The molecule has 0 spiro atoms. The third-order valence-electron chi connectivity index (χ3n) is 3.33. The molecule has 1 heterocycles. The Labute approximate surface area is 124 Å². The number of benzene rings is 1. The average Bonchev–Trinajstić information content (AvgIpc) is 2.98. The number of hydrogen-bond acceptors (Lipinski definition) is 4. The molecule has 0 aliphatic rings. The summed E-state index contributed by atoms with van der Waals surface area (Å²) in [6.07, 6.45) is -0.577. The molecule has 0 radical (unpaired) electrons. The average molecular weight is 291 g/mol. The van der Waals surface area contributed by atoms with E-state index in [1.165, 1.54) is 4.88 Å². The van der Waals surface area contributed by atoms with E-state index in [0.29, 0.717) is 6.54 Å². The summed E-state index contributed by atoms with van der Waals surface area (Å²) in [5, 5.41) is 15.8. The number of ether oxygens (including phenoxy) is 1. The molecule has 1 unspecified atom stereocenters. The minimum Gasteiger partial charge on any atom is -0.496 e. The van der Waals surface area contributed by atoms with Gasteiger partial charge in [0.15, 0.2) is 0 Å². The van der Waals surface area contributed by atoms with Gasteiger partial charge in [-0.05, 0) is 37.4 Å². The van der Waals surface area contributed by atoms with Crippen LogP contribution in [0.1, 0.15) is 35.1 Å². The van der Waals surface area contributed by atoms with Gasteiger partial charge in [-0.25, -0.2) is 0 Å². The fraction of sp³-hybridized carbons (Fsp3) is 0.375. The number of aliphatic hydroxyl groups excluding tert-OH is 1. The molecule has 1 aromatic heterocycles. The SMILES string of the molecule is COc1ccc(C)cc1C(O)CN[C@@H](C)c1cccs1. The van der Waals surface area contributed by atoms with Crippen molar-refractivity contribution in [3.05, 3.63) is 51.7 Å². The fourth-order valence-corrected chi connectivity index (χ4v) is 2.91. The molecule has 0 saturated heterocycles.